The predicted molar refractivity (Wildman–Crippen MR) is 80.4 cm³/mol. The number of hydrogen-bond donors (Lipinski definition) is 1. The zero-order valence-corrected chi connectivity index (χ0v) is 12.8. The van der Waals surface area contributed by atoms with Crippen LogP contribution in [0, 0.1) is 0 Å². The van der Waals surface area contributed by atoms with Gasteiger partial charge in [0.2, 0.25) is 0 Å². The molecule has 1 aromatic heterocycles. The standard InChI is InChI=1S/C13H12ClNO3S2/c14-12-5-6-13(19-12)20(16,17)15-10-3-4-11-9(8-10)2-1-7-18-11/h3-6,8,15H,1-2,7H2. The monoisotopic (exact) mass is 329 g/mol. The van der Waals surface area contributed by atoms with E-state index in [4.69, 9.17) is 16.3 Å². The number of sulfonamides is 1. The third kappa shape index (κ3) is 2.77. The molecule has 1 aliphatic rings. The summed E-state index contributed by atoms with van der Waals surface area (Å²) in [6.45, 7) is 0.714. The van der Waals surface area contributed by atoms with E-state index in [1.807, 2.05) is 6.07 Å². The van der Waals surface area contributed by atoms with E-state index in [0.717, 1.165) is 35.5 Å². The van der Waals surface area contributed by atoms with Crippen molar-refractivity contribution in [3.63, 3.8) is 0 Å². The molecule has 0 amide bonds. The van der Waals surface area contributed by atoms with Gasteiger partial charge in [-0.25, -0.2) is 8.42 Å². The van der Waals surface area contributed by atoms with E-state index in [2.05, 4.69) is 4.72 Å². The molecule has 0 saturated carbocycles. The second-order valence-corrected chi connectivity index (χ2v) is 8.06. The Morgan fingerprint density at radius 1 is 1.25 bits per heavy atom. The van der Waals surface area contributed by atoms with Crippen LogP contribution in [0.25, 0.3) is 0 Å². The summed E-state index contributed by atoms with van der Waals surface area (Å²) in [5.74, 6) is 0.832. The van der Waals surface area contributed by atoms with Crippen molar-refractivity contribution in [2.75, 3.05) is 11.3 Å². The molecule has 0 bridgehead atoms. The molecule has 0 atom stereocenters. The minimum absolute atomic E-state index is 0.205. The highest BCUT2D eigenvalue weighted by atomic mass is 35.5. The van der Waals surface area contributed by atoms with Crippen LogP contribution < -0.4 is 9.46 Å². The minimum atomic E-state index is -3.58. The number of hydrogen-bond acceptors (Lipinski definition) is 4. The molecule has 0 saturated heterocycles. The van der Waals surface area contributed by atoms with Crippen LogP contribution in [0.4, 0.5) is 5.69 Å². The van der Waals surface area contributed by atoms with Gasteiger partial charge in [-0.3, -0.25) is 4.72 Å². The van der Waals surface area contributed by atoms with Crippen LogP contribution in [0.3, 0.4) is 0 Å². The van der Waals surface area contributed by atoms with Gasteiger partial charge in [0.25, 0.3) is 10.0 Å². The highest BCUT2D eigenvalue weighted by Crippen LogP contribution is 2.30. The third-order valence-corrected chi connectivity index (χ3v) is 6.08. The van der Waals surface area contributed by atoms with Gasteiger partial charge in [0.05, 0.1) is 10.9 Å². The summed E-state index contributed by atoms with van der Waals surface area (Å²) in [4.78, 5) is 0. The molecular weight excluding hydrogens is 318 g/mol. The molecule has 4 nitrogen and oxygen atoms in total. The SMILES string of the molecule is O=S(=O)(Nc1ccc2c(c1)CCCO2)c1ccc(Cl)s1. The summed E-state index contributed by atoms with van der Waals surface area (Å²) in [5.41, 5.74) is 1.57. The largest absolute Gasteiger partial charge is 0.493 e. The summed E-state index contributed by atoms with van der Waals surface area (Å²) in [5, 5.41) is 0. The number of aryl methyl sites for hydroxylation is 1. The lowest BCUT2D eigenvalue weighted by Gasteiger charge is -2.18. The number of fused-ring (bicyclic) bond motifs is 1. The molecule has 7 heteroatoms. The third-order valence-electron chi connectivity index (χ3n) is 2.97. The van der Waals surface area contributed by atoms with Gasteiger partial charge >= 0.3 is 0 Å². The highest BCUT2D eigenvalue weighted by Gasteiger charge is 2.18. The molecule has 0 spiro atoms. The fourth-order valence-electron chi connectivity index (χ4n) is 2.07. The molecule has 0 unspecified atom stereocenters. The van der Waals surface area contributed by atoms with Gasteiger partial charge in [0.1, 0.15) is 9.96 Å². The molecule has 106 valence electrons. The summed E-state index contributed by atoms with van der Waals surface area (Å²) in [6.07, 6.45) is 1.85. The van der Waals surface area contributed by atoms with Crippen LogP contribution in [-0.2, 0) is 16.4 Å². The van der Waals surface area contributed by atoms with E-state index < -0.39 is 10.0 Å². The number of rotatable bonds is 3. The quantitative estimate of drug-likeness (QED) is 0.937. The Morgan fingerprint density at radius 2 is 2.10 bits per heavy atom. The molecule has 2 aromatic rings. The van der Waals surface area contributed by atoms with Gasteiger partial charge in [-0.2, -0.15) is 0 Å². The number of nitrogens with one attached hydrogen (secondary N) is 1. The number of ether oxygens (including phenoxy) is 1. The molecule has 0 aliphatic carbocycles. The lowest BCUT2D eigenvalue weighted by molar-refractivity contribution is 0.288. The molecule has 0 radical (unpaired) electrons. The van der Waals surface area contributed by atoms with Crippen LogP contribution >= 0.6 is 22.9 Å². The van der Waals surface area contributed by atoms with Crippen molar-refractivity contribution >= 4 is 38.6 Å². The lowest BCUT2D eigenvalue weighted by Crippen LogP contribution is -2.13. The predicted octanol–water partition coefficient (Wildman–Crippen LogP) is 3.53. The van der Waals surface area contributed by atoms with E-state index in [0.29, 0.717) is 16.6 Å². The van der Waals surface area contributed by atoms with E-state index in [1.54, 1.807) is 18.2 Å². The molecular formula is C13H12ClNO3S2. The van der Waals surface area contributed by atoms with Crippen molar-refractivity contribution < 1.29 is 13.2 Å². The Balaban J connectivity index is 1.87. The van der Waals surface area contributed by atoms with E-state index in [1.165, 1.54) is 6.07 Å². The van der Waals surface area contributed by atoms with Gasteiger partial charge < -0.3 is 4.74 Å². The Hall–Kier alpha value is -1.24. The van der Waals surface area contributed by atoms with Crippen LogP contribution in [0.5, 0.6) is 5.75 Å². The lowest BCUT2D eigenvalue weighted by atomic mass is 10.1. The normalized spacial score (nSPS) is 14.4. The van der Waals surface area contributed by atoms with Crippen molar-refractivity contribution in [2.45, 2.75) is 17.1 Å². The van der Waals surface area contributed by atoms with Crippen LogP contribution in [0.15, 0.2) is 34.5 Å². The van der Waals surface area contributed by atoms with Crippen molar-refractivity contribution in [1.82, 2.24) is 0 Å². The van der Waals surface area contributed by atoms with Gasteiger partial charge in [0, 0.05) is 5.69 Å². The maximum Gasteiger partial charge on any atom is 0.271 e. The molecule has 1 aliphatic heterocycles. The highest BCUT2D eigenvalue weighted by molar-refractivity contribution is 7.94. The van der Waals surface area contributed by atoms with Crippen molar-refractivity contribution in [1.29, 1.82) is 0 Å². The van der Waals surface area contributed by atoms with Gasteiger partial charge in [-0.1, -0.05) is 11.6 Å². The summed E-state index contributed by atoms with van der Waals surface area (Å²) in [6, 6.07) is 8.39. The topological polar surface area (TPSA) is 55.4 Å². The van der Waals surface area contributed by atoms with Gasteiger partial charge in [0.15, 0.2) is 0 Å². The van der Waals surface area contributed by atoms with E-state index >= 15 is 0 Å². The molecule has 20 heavy (non-hydrogen) atoms. The Kier molecular flexibility index (Phi) is 3.62. The average molecular weight is 330 g/mol. The molecule has 3 rings (SSSR count). The Morgan fingerprint density at radius 3 is 2.85 bits per heavy atom. The maximum absolute atomic E-state index is 12.2. The van der Waals surface area contributed by atoms with Crippen LogP contribution in [-0.4, -0.2) is 15.0 Å². The zero-order chi connectivity index (χ0) is 14.2. The number of benzene rings is 1. The zero-order valence-electron chi connectivity index (χ0n) is 10.4. The van der Waals surface area contributed by atoms with Crippen molar-refractivity contribution in [2.24, 2.45) is 0 Å². The first kappa shape index (κ1) is 13.7. The van der Waals surface area contributed by atoms with Crippen molar-refractivity contribution in [3.8, 4) is 5.75 Å². The van der Waals surface area contributed by atoms with Gasteiger partial charge in [-0.15, -0.1) is 11.3 Å². The first-order valence-electron chi connectivity index (χ1n) is 6.08. The van der Waals surface area contributed by atoms with E-state index in [9.17, 15) is 8.42 Å². The number of anilines is 1. The first-order chi connectivity index (χ1) is 9.54. The maximum atomic E-state index is 12.2. The van der Waals surface area contributed by atoms with Crippen molar-refractivity contribution in [3.05, 3.63) is 40.2 Å². The van der Waals surface area contributed by atoms with E-state index in [-0.39, 0.29) is 4.21 Å². The second-order valence-electron chi connectivity index (χ2n) is 4.44. The Labute approximate surface area is 126 Å². The summed E-state index contributed by atoms with van der Waals surface area (Å²) in [7, 11) is -3.58. The minimum Gasteiger partial charge on any atom is -0.493 e. The first-order valence-corrected chi connectivity index (χ1v) is 8.76. The second kappa shape index (κ2) is 5.27. The number of halogens is 1. The summed E-state index contributed by atoms with van der Waals surface area (Å²) >= 11 is 6.81. The molecule has 1 aromatic carbocycles. The average Bonchev–Trinajstić information content (AvgIpc) is 2.86. The van der Waals surface area contributed by atoms with Crippen LogP contribution in [0.2, 0.25) is 4.34 Å². The smallest absolute Gasteiger partial charge is 0.271 e. The molecule has 2 heterocycles. The Bertz CT molecular complexity index is 740. The van der Waals surface area contributed by atoms with Gasteiger partial charge in [-0.05, 0) is 48.7 Å². The fourth-order valence-corrected chi connectivity index (χ4v) is 4.60. The number of thiophene rings is 1. The molecule has 1 N–H and O–H groups in total. The fraction of sp³-hybridized carbons (Fsp3) is 0.231. The van der Waals surface area contributed by atoms with Crippen LogP contribution in [0.1, 0.15) is 12.0 Å². The summed E-state index contributed by atoms with van der Waals surface area (Å²) < 4.78 is 33.1. The molecule has 0 fully saturated rings.